The van der Waals surface area contributed by atoms with Crippen LogP contribution in [0.4, 0.5) is 19.7 Å². The molecule has 1 unspecified atom stereocenters. The maximum absolute atomic E-state index is 13.0. The SMILES string of the molecule is CC(=O)Nc1nc(C)c(C(=O)N[C@@H](C)c2ccc(OC3CCN(c4ccc(OC[C@H]5CC5(F)F)cn4)C3)cc2)s1. The number of carbonyl (C=O) groups excluding carboxylic acids is 2. The number of ether oxygens (including phenoxy) is 2. The number of amides is 2. The fourth-order valence-corrected chi connectivity index (χ4v) is 5.42. The van der Waals surface area contributed by atoms with Crippen LogP contribution in [0.3, 0.4) is 0 Å². The second kappa shape index (κ2) is 11.4. The van der Waals surface area contributed by atoms with Crippen LogP contribution in [0.25, 0.3) is 0 Å². The number of benzene rings is 1. The van der Waals surface area contributed by atoms with Gasteiger partial charge in [-0.3, -0.25) is 9.59 Å². The molecule has 1 saturated heterocycles. The van der Waals surface area contributed by atoms with Crippen molar-refractivity contribution in [1.29, 1.82) is 0 Å². The predicted molar refractivity (Wildman–Crippen MR) is 148 cm³/mol. The summed E-state index contributed by atoms with van der Waals surface area (Å²) >= 11 is 1.14. The molecule has 1 saturated carbocycles. The zero-order valence-corrected chi connectivity index (χ0v) is 23.3. The lowest BCUT2D eigenvalue weighted by Crippen LogP contribution is -2.26. The van der Waals surface area contributed by atoms with Crippen molar-refractivity contribution in [1.82, 2.24) is 15.3 Å². The lowest BCUT2D eigenvalue weighted by molar-refractivity contribution is -0.114. The first-order chi connectivity index (χ1) is 19.1. The molecule has 5 rings (SSSR count). The molecule has 1 aromatic carbocycles. The summed E-state index contributed by atoms with van der Waals surface area (Å²) in [5.41, 5.74) is 1.49. The van der Waals surface area contributed by atoms with Gasteiger partial charge in [0.2, 0.25) is 5.91 Å². The first-order valence-electron chi connectivity index (χ1n) is 13.1. The van der Waals surface area contributed by atoms with Crippen molar-refractivity contribution >= 4 is 34.1 Å². The van der Waals surface area contributed by atoms with E-state index in [9.17, 15) is 18.4 Å². The first kappa shape index (κ1) is 27.8. The maximum atomic E-state index is 13.0. The fourth-order valence-electron chi connectivity index (χ4n) is 4.51. The Morgan fingerprint density at radius 2 is 1.93 bits per heavy atom. The Morgan fingerprint density at radius 1 is 1.20 bits per heavy atom. The number of aromatic nitrogens is 2. The second-order valence-corrected chi connectivity index (χ2v) is 11.2. The Hall–Kier alpha value is -3.80. The van der Waals surface area contributed by atoms with Gasteiger partial charge in [-0.15, -0.1) is 0 Å². The lowest BCUT2D eigenvalue weighted by atomic mass is 10.1. The van der Waals surface area contributed by atoms with Gasteiger partial charge >= 0.3 is 0 Å². The summed E-state index contributed by atoms with van der Waals surface area (Å²) in [6.45, 7) is 6.49. The summed E-state index contributed by atoms with van der Waals surface area (Å²) in [6, 6.07) is 11.0. The first-order valence-corrected chi connectivity index (χ1v) is 13.9. The van der Waals surface area contributed by atoms with Gasteiger partial charge in [0.1, 0.15) is 28.3 Å². The van der Waals surface area contributed by atoms with Crippen molar-refractivity contribution in [2.24, 2.45) is 5.92 Å². The quantitative estimate of drug-likeness (QED) is 0.353. The molecule has 2 N–H and O–H groups in total. The Balaban J connectivity index is 1.09. The number of hydrogen-bond donors (Lipinski definition) is 2. The number of pyridine rings is 1. The minimum Gasteiger partial charge on any atom is -0.491 e. The van der Waals surface area contributed by atoms with E-state index in [0.717, 1.165) is 41.4 Å². The highest BCUT2D eigenvalue weighted by Crippen LogP contribution is 2.48. The molecule has 0 spiro atoms. The van der Waals surface area contributed by atoms with Crippen molar-refractivity contribution in [3.63, 3.8) is 0 Å². The number of halogens is 2. The summed E-state index contributed by atoms with van der Waals surface area (Å²) < 4.78 is 37.7. The largest absolute Gasteiger partial charge is 0.491 e. The van der Waals surface area contributed by atoms with Crippen LogP contribution in [0.5, 0.6) is 11.5 Å². The average Bonchev–Trinajstić information content (AvgIpc) is 3.21. The van der Waals surface area contributed by atoms with E-state index >= 15 is 0 Å². The monoisotopic (exact) mass is 571 g/mol. The molecule has 9 nitrogen and oxygen atoms in total. The highest BCUT2D eigenvalue weighted by Gasteiger charge is 2.57. The van der Waals surface area contributed by atoms with Gasteiger partial charge in [-0.1, -0.05) is 23.5 Å². The highest BCUT2D eigenvalue weighted by atomic mass is 32.1. The van der Waals surface area contributed by atoms with Crippen molar-refractivity contribution in [2.45, 2.75) is 51.7 Å². The fraction of sp³-hybridized carbons (Fsp3) is 0.429. The number of carbonyl (C=O) groups is 2. The molecular weight excluding hydrogens is 540 g/mol. The van der Waals surface area contributed by atoms with Gasteiger partial charge in [-0.2, -0.15) is 0 Å². The van der Waals surface area contributed by atoms with Crippen molar-refractivity contribution in [2.75, 3.05) is 29.9 Å². The molecule has 2 aromatic heterocycles. The van der Waals surface area contributed by atoms with Gasteiger partial charge in [0.25, 0.3) is 11.8 Å². The summed E-state index contributed by atoms with van der Waals surface area (Å²) in [6.07, 6.45) is 2.28. The van der Waals surface area contributed by atoms with Crippen LogP contribution in [0.1, 0.15) is 53.7 Å². The molecule has 3 atom stereocenters. The van der Waals surface area contributed by atoms with Gasteiger partial charge in [0.05, 0.1) is 37.0 Å². The van der Waals surface area contributed by atoms with Gasteiger partial charge in [-0.25, -0.2) is 18.7 Å². The normalized spacial score (nSPS) is 20.1. The van der Waals surface area contributed by atoms with Crippen molar-refractivity contribution in [3.8, 4) is 11.5 Å². The van der Waals surface area contributed by atoms with E-state index in [0.29, 0.717) is 28.0 Å². The van der Waals surface area contributed by atoms with E-state index in [1.807, 2.05) is 37.3 Å². The number of thiazole rings is 1. The third-order valence-corrected chi connectivity index (χ3v) is 7.98. The lowest BCUT2D eigenvalue weighted by Gasteiger charge is -2.19. The van der Waals surface area contributed by atoms with Crippen LogP contribution in [-0.2, 0) is 4.79 Å². The zero-order valence-electron chi connectivity index (χ0n) is 22.4. The molecule has 40 heavy (non-hydrogen) atoms. The molecule has 212 valence electrons. The number of alkyl halides is 2. The average molecular weight is 572 g/mol. The van der Waals surface area contributed by atoms with E-state index in [1.54, 1.807) is 19.2 Å². The highest BCUT2D eigenvalue weighted by molar-refractivity contribution is 7.17. The number of rotatable bonds is 10. The predicted octanol–water partition coefficient (Wildman–Crippen LogP) is 4.99. The van der Waals surface area contributed by atoms with Gasteiger partial charge in [-0.05, 0) is 43.7 Å². The van der Waals surface area contributed by atoms with Crippen LogP contribution >= 0.6 is 11.3 Å². The minimum atomic E-state index is -2.59. The number of nitrogens with one attached hydrogen (secondary N) is 2. The molecule has 1 aliphatic carbocycles. The summed E-state index contributed by atoms with van der Waals surface area (Å²) in [5, 5.41) is 5.99. The summed E-state index contributed by atoms with van der Waals surface area (Å²) in [7, 11) is 0. The number of hydrogen-bond acceptors (Lipinski definition) is 8. The van der Waals surface area contributed by atoms with Crippen LogP contribution in [0, 0.1) is 12.8 Å². The summed E-state index contributed by atoms with van der Waals surface area (Å²) in [5.74, 6) is -1.76. The van der Waals surface area contributed by atoms with Crippen molar-refractivity contribution < 1.29 is 27.8 Å². The van der Waals surface area contributed by atoms with Gasteiger partial charge in [0, 0.05) is 26.3 Å². The molecule has 2 aliphatic rings. The Labute approximate surface area is 234 Å². The summed E-state index contributed by atoms with van der Waals surface area (Å²) in [4.78, 5) is 35.3. The topological polar surface area (TPSA) is 106 Å². The third kappa shape index (κ3) is 6.67. The molecule has 12 heteroatoms. The number of aryl methyl sites for hydroxylation is 1. The Morgan fingerprint density at radius 3 is 2.58 bits per heavy atom. The standard InChI is InChI=1S/C28H31F2N5O4S/c1-16(32-26(37)25-17(2)33-27(40-25)34-18(3)36)19-4-6-21(7-5-19)39-23-10-11-35(14-23)24-9-8-22(13-31-24)38-15-20-12-28(20,29)30/h4-9,13,16,20,23H,10-12,14-15H2,1-3H3,(H,32,37)(H,33,34,36)/t16-,20+,23?/m0/s1. The van der Waals surface area contributed by atoms with Crippen LogP contribution in [-0.4, -0.2) is 53.5 Å². The van der Waals surface area contributed by atoms with Crippen LogP contribution < -0.4 is 25.0 Å². The van der Waals surface area contributed by atoms with Crippen molar-refractivity contribution in [3.05, 3.63) is 58.7 Å². The smallest absolute Gasteiger partial charge is 0.263 e. The van der Waals surface area contributed by atoms with E-state index in [1.165, 1.54) is 6.92 Å². The number of anilines is 2. The van der Waals surface area contributed by atoms with E-state index in [4.69, 9.17) is 9.47 Å². The van der Waals surface area contributed by atoms with E-state index in [2.05, 4.69) is 25.5 Å². The van der Waals surface area contributed by atoms with Crippen LogP contribution in [0.2, 0.25) is 0 Å². The van der Waals surface area contributed by atoms with Crippen LogP contribution in [0.15, 0.2) is 42.6 Å². The molecule has 0 radical (unpaired) electrons. The minimum absolute atomic E-state index is 0.00412. The Bertz CT molecular complexity index is 1370. The maximum Gasteiger partial charge on any atom is 0.263 e. The third-order valence-electron chi connectivity index (χ3n) is 6.91. The van der Waals surface area contributed by atoms with E-state index < -0.39 is 11.8 Å². The number of nitrogens with zero attached hydrogens (tertiary/aromatic N) is 3. The van der Waals surface area contributed by atoms with Gasteiger partial charge in [0.15, 0.2) is 5.13 Å². The molecule has 3 heterocycles. The zero-order chi connectivity index (χ0) is 28.4. The molecule has 0 bridgehead atoms. The molecular formula is C28H31F2N5O4S. The molecule has 3 aromatic rings. The second-order valence-electron chi connectivity index (χ2n) is 10.2. The van der Waals surface area contributed by atoms with Gasteiger partial charge < -0.3 is 25.0 Å². The molecule has 2 fully saturated rings. The van der Waals surface area contributed by atoms with E-state index in [-0.39, 0.29) is 37.0 Å². The molecule has 2 amide bonds. The molecule has 1 aliphatic heterocycles. The Kier molecular flexibility index (Phi) is 7.88.